The van der Waals surface area contributed by atoms with E-state index in [1.54, 1.807) is 23.1 Å². The highest BCUT2D eigenvalue weighted by molar-refractivity contribution is 5.87. The normalized spacial score (nSPS) is 27.6. The molecule has 1 aliphatic carbocycles. The molecule has 3 aliphatic rings. The SMILES string of the molecule is CC(C)[C@]1(C(=O)N2CCc3ccc(C(F)(F)F)cc3C2)CCC(N2CC[C@H](c3cccc(C(=O)O)c3)[C@@H](C)C2)C1. The van der Waals surface area contributed by atoms with Crippen LogP contribution in [0.5, 0.6) is 0 Å². The first-order valence-electron chi connectivity index (χ1n) is 14.4. The molecule has 8 heteroatoms. The second-order valence-electron chi connectivity index (χ2n) is 12.5. The van der Waals surface area contributed by atoms with E-state index >= 15 is 0 Å². The van der Waals surface area contributed by atoms with Crippen molar-refractivity contribution in [1.29, 1.82) is 0 Å². The van der Waals surface area contributed by atoms with E-state index in [2.05, 4.69) is 25.7 Å². The molecule has 2 fully saturated rings. The van der Waals surface area contributed by atoms with Gasteiger partial charge in [0.2, 0.25) is 5.91 Å². The van der Waals surface area contributed by atoms with E-state index in [0.717, 1.165) is 56.0 Å². The summed E-state index contributed by atoms with van der Waals surface area (Å²) in [5.41, 5.74) is 1.71. The van der Waals surface area contributed by atoms with E-state index in [1.807, 2.05) is 12.1 Å². The Kier molecular flexibility index (Phi) is 7.77. The highest BCUT2D eigenvalue weighted by Gasteiger charge is 2.51. The molecule has 216 valence electrons. The van der Waals surface area contributed by atoms with Crippen LogP contribution in [0.15, 0.2) is 42.5 Å². The molecule has 1 N–H and O–H groups in total. The Morgan fingerprint density at radius 2 is 1.82 bits per heavy atom. The van der Waals surface area contributed by atoms with Crippen molar-refractivity contribution in [2.75, 3.05) is 19.6 Å². The number of carbonyl (C=O) groups is 2. The Hall–Kier alpha value is -2.87. The van der Waals surface area contributed by atoms with Crippen LogP contribution < -0.4 is 0 Å². The van der Waals surface area contributed by atoms with E-state index in [-0.39, 0.29) is 24.4 Å². The van der Waals surface area contributed by atoms with Crippen LogP contribution in [-0.2, 0) is 23.9 Å². The molecule has 2 aliphatic heterocycles. The Balaban J connectivity index is 1.28. The summed E-state index contributed by atoms with van der Waals surface area (Å²) in [5.74, 6) is -0.0545. The number of fused-ring (bicyclic) bond motifs is 1. The number of aromatic carboxylic acids is 1. The fourth-order valence-corrected chi connectivity index (χ4v) is 7.45. The van der Waals surface area contributed by atoms with Crippen molar-refractivity contribution in [3.8, 4) is 0 Å². The summed E-state index contributed by atoms with van der Waals surface area (Å²) < 4.78 is 40.0. The minimum absolute atomic E-state index is 0.0847. The minimum Gasteiger partial charge on any atom is -0.478 e. The van der Waals surface area contributed by atoms with E-state index in [0.29, 0.717) is 35.9 Å². The predicted molar refractivity (Wildman–Crippen MR) is 147 cm³/mol. The number of piperidine rings is 1. The molecule has 0 spiro atoms. The molecule has 1 unspecified atom stereocenters. The molecule has 1 saturated carbocycles. The standard InChI is InChI=1S/C32H39F3N2O3/c1-20(2)31(30(40)37-13-10-22-7-8-26(32(33,34)35)16-25(22)19-37)12-9-27(17-31)36-14-11-28(21(3)18-36)23-5-4-6-24(15-23)29(38)39/h4-8,15-16,20-21,27-28H,9-14,17-19H2,1-3H3,(H,38,39)/t21-,27?,28-,31-/m0/s1. The summed E-state index contributed by atoms with van der Waals surface area (Å²) in [7, 11) is 0. The van der Waals surface area contributed by atoms with Crippen LogP contribution in [0.4, 0.5) is 13.2 Å². The van der Waals surface area contributed by atoms with Crippen molar-refractivity contribution in [2.24, 2.45) is 17.3 Å². The quantitative estimate of drug-likeness (QED) is 0.450. The number of carboxylic acid groups (broad SMARTS) is 1. The third-order valence-electron chi connectivity index (χ3n) is 9.90. The number of carboxylic acids is 1. The molecular weight excluding hydrogens is 517 g/mol. The van der Waals surface area contributed by atoms with Crippen LogP contribution >= 0.6 is 0 Å². The number of hydrogen-bond donors (Lipinski definition) is 1. The van der Waals surface area contributed by atoms with Crippen molar-refractivity contribution in [2.45, 2.75) is 77.6 Å². The van der Waals surface area contributed by atoms with Crippen LogP contribution in [0.3, 0.4) is 0 Å². The van der Waals surface area contributed by atoms with Gasteiger partial charge in [-0.25, -0.2) is 4.79 Å². The Bertz CT molecular complexity index is 1280. The third-order valence-corrected chi connectivity index (χ3v) is 9.90. The predicted octanol–water partition coefficient (Wildman–Crippen LogP) is 6.61. The second-order valence-corrected chi connectivity index (χ2v) is 12.5. The third kappa shape index (κ3) is 5.39. The van der Waals surface area contributed by atoms with Gasteiger partial charge in [0.1, 0.15) is 0 Å². The van der Waals surface area contributed by atoms with Gasteiger partial charge in [-0.2, -0.15) is 13.2 Å². The average Bonchev–Trinajstić information content (AvgIpc) is 3.38. The molecule has 1 amide bonds. The summed E-state index contributed by atoms with van der Waals surface area (Å²) in [6.07, 6.45) is -0.406. The van der Waals surface area contributed by atoms with Crippen molar-refractivity contribution in [3.05, 3.63) is 70.3 Å². The molecule has 40 heavy (non-hydrogen) atoms. The van der Waals surface area contributed by atoms with Crippen LogP contribution in [0.2, 0.25) is 0 Å². The summed E-state index contributed by atoms with van der Waals surface area (Å²) in [5, 5.41) is 9.40. The summed E-state index contributed by atoms with van der Waals surface area (Å²) in [4.78, 5) is 29.9. The number of benzene rings is 2. The molecule has 2 aromatic rings. The molecule has 2 heterocycles. The van der Waals surface area contributed by atoms with Gasteiger partial charge in [-0.3, -0.25) is 4.79 Å². The molecule has 0 aromatic heterocycles. The van der Waals surface area contributed by atoms with Crippen molar-refractivity contribution in [1.82, 2.24) is 9.80 Å². The topological polar surface area (TPSA) is 60.9 Å². The van der Waals surface area contributed by atoms with E-state index < -0.39 is 23.1 Å². The lowest BCUT2D eigenvalue weighted by atomic mass is 9.73. The monoisotopic (exact) mass is 556 g/mol. The lowest BCUT2D eigenvalue weighted by Gasteiger charge is -2.42. The Morgan fingerprint density at radius 1 is 1.05 bits per heavy atom. The number of rotatable bonds is 5. The Labute approximate surface area is 234 Å². The number of carbonyl (C=O) groups excluding carboxylic acids is 1. The summed E-state index contributed by atoms with van der Waals surface area (Å²) in [6.45, 7) is 8.99. The second kappa shape index (κ2) is 10.8. The number of nitrogens with zero attached hydrogens (tertiary/aromatic N) is 2. The zero-order chi connectivity index (χ0) is 28.8. The lowest BCUT2D eigenvalue weighted by Crippen LogP contribution is -2.49. The molecular formula is C32H39F3N2O3. The number of amides is 1. The van der Waals surface area contributed by atoms with Gasteiger partial charge >= 0.3 is 12.1 Å². The van der Waals surface area contributed by atoms with Crippen LogP contribution in [-0.4, -0.2) is 52.5 Å². The van der Waals surface area contributed by atoms with E-state index in [9.17, 15) is 27.9 Å². The maximum Gasteiger partial charge on any atom is 0.416 e. The van der Waals surface area contributed by atoms with Crippen molar-refractivity contribution in [3.63, 3.8) is 0 Å². The van der Waals surface area contributed by atoms with Gasteiger partial charge in [0.15, 0.2) is 0 Å². The van der Waals surface area contributed by atoms with E-state index in [4.69, 9.17) is 0 Å². The largest absolute Gasteiger partial charge is 0.478 e. The smallest absolute Gasteiger partial charge is 0.416 e. The van der Waals surface area contributed by atoms with E-state index in [1.165, 1.54) is 6.07 Å². The molecule has 5 rings (SSSR count). The van der Waals surface area contributed by atoms with Crippen LogP contribution in [0.25, 0.3) is 0 Å². The van der Waals surface area contributed by atoms with Gasteiger partial charge in [0.05, 0.1) is 16.5 Å². The zero-order valence-corrected chi connectivity index (χ0v) is 23.5. The van der Waals surface area contributed by atoms with Gasteiger partial charge < -0.3 is 14.9 Å². The fourth-order valence-electron chi connectivity index (χ4n) is 7.45. The Morgan fingerprint density at radius 3 is 2.50 bits per heavy atom. The first-order valence-corrected chi connectivity index (χ1v) is 14.4. The first kappa shape index (κ1) is 28.7. The van der Waals surface area contributed by atoms with Crippen LogP contribution in [0.1, 0.15) is 85.0 Å². The number of alkyl halides is 3. The van der Waals surface area contributed by atoms with Crippen molar-refractivity contribution >= 4 is 11.9 Å². The van der Waals surface area contributed by atoms with Gasteiger partial charge in [-0.05, 0) is 97.4 Å². The fraction of sp³-hybridized carbons (Fsp3) is 0.562. The average molecular weight is 557 g/mol. The maximum atomic E-state index is 14.1. The first-order chi connectivity index (χ1) is 18.9. The summed E-state index contributed by atoms with van der Waals surface area (Å²) >= 11 is 0. The van der Waals surface area contributed by atoms with Crippen LogP contribution in [0, 0.1) is 17.3 Å². The van der Waals surface area contributed by atoms with Crippen molar-refractivity contribution < 1.29 is 27.9 Å². The van der Waals surface area contributed by atoms with Gasteiger partial charge in [0.25, 0.3) is 0 Å². The zero-order valence-electron chi connectivity index (χ0n) is 23.5. The lowest BCUT2D eigenvalue weighted by molar-refractivity contribution is -0.146. The van der Waals surface area contributed by atoms with Gasteiger partial charge in [0, 0.05) is 25.7 Å². The van der Waals surface area contributed by atoms with Gasteiger partial charge in [-0.15, -0.1) is 0 Å². The molecule has 5 nitrogen and oxygen atoms in total. The molecule has 1 saturated heterocycles. The summed E-state index contributed by atoms with van der Waals surface area (Å²) in [6, 6.07) is 11.5. The number of hydrogen-bond acceptors (Lipinski definition) is 3. The molecule has 2 aromatic carbocycles. The highest BCUT2D eigenvalue weighted by Crippen LogP contribution is 2.49. The molecule has 0 bridgehead atoms. The molecule has 4 atom stereocenters. The highest BCUT2D eigenvalue weighted by atomic mass is 19.4. The number of likely N-dealkylation sites (tertiary alicyclic amines) is 1. The number of halogens is 3. The minimum atomic E-state index is -4.40. The molecule has 0 radical (unpaired) electrons. The maximum absolute atomic E-state index is 14.1. The van der Waals surface area contributed by atoms with Gasteiger partial charge in [-0.1, -0.05) is 39.0 Å².